The van der Waals surface area contributed by atoms with Crippen LogP contribution in [0.2, 0.25) is 0 Å². The summed E-state index contributed by atoms with van der Waals surface area (Å²) in [4.78, 5) is 0. The fourth-order valence-corrected chi connectivity index (χ4v) is 3.13. The lowest BCUT2D eigenvalue weighted by Crippen LogP contribution is -2.39. The van der Waals surface area contributed by atoms with E-state index in [4.69, 9.17) is 5.11 Å². The SMILES string of the molecule is CCn1cc(CN[C@H]2CCCC[C@H]2n2cc(CO)nn2)cn1. The van der Waals surface area contributed by atoms with Gasteiger partial charge >= 0.3 is 0 Å². The van der Waals surface area contributed by atoms with Gasteiger partial charge in [0.25, 0.3) is 0 Å². The van der Waals surface area contributed by atoms with Gasteiger partial charge in [-0.25, -0.2) is 4.68 Å². The van der Waals surface area contributed by atoms with E-state index in [0.717, 1.165) is 25.9 Å². The molecule has 7 heteroatoms. The summed E-state index contributed by atoms with van der Waals surface area (Å²) in [6.45, 7) is 3.75. The van der Waals surface area contributed by atoms with Gasteiger partial charge in [-0.05, 0) is 19.8 Å². The van der Waals surface area contributed by atoms with Gasteiger partial charge in [-0.1, -0.05) is 18.1 Å². The second-order valence-corrected chi connectivity index (χ2v) is 5.89. The van der Waals surface area contributed by atoms with Gasteiger partial charge in [-0.2, -0.15) is 5.10 Å². The fourth-order valence-electron chi connectivity index (χ4n) is 3.13. The zero-order chi connectivity index (χ0) is 15.4. The third kappa shape index (κ3) is 3.36. The summed E-state index contributed by atoms with van der Waals surface area (Å²) in [7, 11) is 0. The Labute approximate surface area is 130 Å². The Bertz CT molecular complexity index is 592. The Kier molecular flexibility index (Phi) is 4.84. The Hall–Kier alpha value is -1.73. The molecule has 0 spiro atoms. The van der Waals surface area contributed by atoms with Gasteiger partial charge in [0.15, 0.2) is 0 Å². The molecule has 120 valence electrons. The summed E-state index contributed by atoms with van der Waals surface area (Å²) in [5.74, 6) is 0. The van der Waals surface area contributed by atoms with Crippen molar-refractivity contribution < 1.29 is 5.11 Å². The van der Waals surface area contributed by atoms with Gasteiger partial charge in [0.2, 0.25) is 0 Å². The van der Waals surface area contributed by atoms with Gasteiger partial charge in [0, 0.05) is 30.9 Å². The van der Waals surface area contributed by atoms with Gasteiger partial charge in [0.05, 0.1) is 25.0 Å². The van der Waals surface area contributed by atoms with Crippen LogP contribution < -0.4 is 5.32 Å². The lowest BCUT2D eigenvalue weighted by atomic mass is 9.90. The van der Waals surface area contributed by atoms with Crippen LogP contribution in [0, 0.1) is 0 Å². The number of aryl methyl sites for hydroxylation is 1. The van der Waals surface area contributed by atoms with E-state index in [1.54, 1.807) is 0 Å². The molecule has 2 heterocycles. The molecule has 2 aromatic heterocycles. The number of aliphatic hydroxyl groups excluding tert-OH is 1. The molecule has 0 amide bonds. The highest BCUT2D eigenvalue weighted by molar-refractivity contribution is 5.04. The molecule has 1 aliphatic rings. The summed E-state index contributed by atoms with van der Waals surface area (Å²) in [6.07, 6.45) is 10.6. The third-order valence-electron chi connectivity index (χ3n) is 4.37. The molecular weight excluding hydrogens is 280 g/mol. The molecule has 0 unspecified atom stereocenters. The van der Waals surface area contributed by atoms with Crippen LogP contribution in [0.5, 0.6) is 0 Å². The van der Waals surface area contributed by atoms with E-state index >= 15 is 0 Å². The van der Waals surface area contributed by atoms with Crippen LogP contribution in [-0.2, 0) is 19.7 Å². The first-order chi connectivity index (χ1) is 10.8. The minimum atomic E-state index is -0.0545. The summed E-state index contributed by atoms with van der Waals surface area (Å²) < 4.78 is 3.86. The first-order valence-electron chi connectivity index (χ1n) is 8.06. The number of hydrogen-bond donors (Lipinski definition) is 2. The van der Waals surface area contributed by atoms with E-state index in [-0.39, 0.29) is 6.61 Å². The van der Waals surface area contributed by atoms with E-state index in [1.807, 2.05) is 21.8 Å². The summed E-state index contributed by atoms with van der Waals surface area (Å²) in [5, 5.41) is 25.3. The molecule has 2 atom stereocenters. The fraction of sp³-hybridized carbons (Fsp3) is 0.667. The van der Waals surface area contributed by atoms with Crippen molar-refractivity contribution in [1.82, 2.24) is 30.1 Å². The van der Waals surface area contributed by atoms with Gasteiger partial charge in [0.1, 0.15) is 5.69 Å². The van der Waals surface area contributed by atoms with Crippen molar-refractivity contribution in [2.75, 3.05) is 0 Å². The highest BCUT2D eigenvalue weighted by atomic mass is 16.3. The number of nitrogens with zero attached hydrogens (tertiary/aromatic N) is 5. The van der Waals surface area contributed by atoms with E-state index in [0.29, 0.717) is 17.8 Å². The first-order valence-corrected chi connectivity index (χ1v) is 8.06. The predicted molar refractivity (Wildman–Crippen MR) is 82.0 cm³/mol. The normalized spacial score (nSPS) is 22.1. The highest BCUT2D eigenvalue weighted by Gasteiger charge is 2.27. The minimum Gasteiger partial charge on any atom is -0.390 e. The van der Waals surface area contributed by atoms with Crippen molar-refractivity contribution in [3.8, 4) is 0 Å². The number of rotatable bonds is 6. The minimum absolute atomic E-state index is 0.0545. The topological polar surface area (TPSA) is 80.8 Å². The predicted octanol–water partition coefficient (Wildman–Crippen LogP) is 1.26. The smallest absolute Gasteiger partial charge is 0.108 e. The second-order valence-electron chi connectivity index (χ2n) is 5.89. The average Bonchev–Trinajstić information content (AvgIpc) is 3.22. The van der Waals surface area contributed by atoms with Gasteiger partial charge < -0.3 is 10.4 Å². The molecule has 0 radical (unpaired) electrons. The molecule has 1 fully saturated rings. The summed E-state index contributed by atoms with van der Waals surface area (Å²) >= 11 is 0. The third-order valence-corrected chi connectivity index (χ3v) is 4.37. The van der Waals surface area contributed by atoms with Crippen LogP contribution in [0.4, 0.5) is 0 Å². The molecular formula is C15H24N6O. The molecule has 1 aliphatic carbocycles. The first kappa shape index (κ1) is 15.2. The van der Waals surface area contributed by atoms with Crippen molar-refractivity contribution >= 4 is 0 Å². The largest absolute Gasteiger partial charge is 0.390 e. The van der Waals surface area contributed by atoms with Crippen LogP contribution in [0.3, 0.4) is 0 Å². The summed E-state index contributed by atoms with van der Waals surface area (Å²) in [5.41, 5.74) is 1.84. The van der Waals surface area contributed by atoms with Gasteiger partial charge in [-0.3, -0.25) is 4.68 Å². The monoisotopic (exact) mass is 304 g/mol. The van der Waals surface area contributed by atoms with E-state index in [2.05, 4.69) is 33.8 Å². The second kappa shape index (κ2) is 7.02. The maximum Gasteiger partial charge on any atom is 0.108 e. The van der Waals surface area contributed by atoms with E-state index < -0.39 is 0 Å². The van der Waals surface area contributed by atoms with Crippen LogP contribution >= 0.6 is 0 Å². The van der Waals surface area contributed by atoms with Crippen LogP contribution in [0.1, 0.15) is 49.9 Å². The van der Waals surface area contributed by atoms with Crippen molar-refractivity contribution in [1.29, 1.82) is 0 Å². The lowest BCUT2D eigenvalue weighted by Gasteiger charge is -2.32. The molecule has 0 bridgehead atoms. The maximum atomic E-state index is 9.15. The highest BCUT2D eigenvalue weighted by Crippen LogP contribution is 2.28. The number of aromatic nitrogens is 5. The van der Waals surface area contributed by atoms with Crippen LogP contribution in [0.25, 0.3) is 0 Å². The number of aliphatic hydroxyl groups is 1. The van der Waals surface area contributed by atoms with Crippen LogP contribution in [-0.4, -0.2) is 35.9 Å². The number of nitrogens with one attached hydrogen (secondary N) is 1. The maximum absolute atomic E-state index is 9.15. The molecule has 22 heavy (non-hydrogen) atoms. The number of hydrogen-bond acceptors (Lipinski definition) is 5. The molecule has 0 saturated heterocycles. The lowest BCUT2D eigenvalue weighted by molar-refractivity contribution is 0.242. The van der Waals surface area contributed by atoms with Gasteiger partial charge in [-0.15, -0.1) is 5.10 Å². The molecule has 2 aromatic rings. The zero-order valence-corrected chi connectivity index (χ0v) is 13.0. The molecule has 0 aromatic carbocycles. The van der Waals surface area contributed by atoms with Crippen molar-refractivity contribution in [2.45, 2.75) is 64.4 Å². The molecule has 7 nitrogen and oxygen atoms in total. The Morgan fingerprint density at radius 1 is 1.32 bits per heavy atom. The molecule has 1 saturated carbocycles. The molecule has 2 N–H and O–H groups in total. The quantitative estimate of drug-likeness (QED) is 0.840. The van der Waals surface area contributed by atoms with Crippen molar-refractivity contribution in [3.63, 3.8) is 0 Å². The van der Waals surface area contributed by atoms with Crippen LogP contribution in [0.15, 0.2) is 18.6 Å². The Morgan fingerprint density at radius 2 is 2.18 bits per heavy atom. The summed E-state index contributed by atoms with van der Waals surface area (Å²) in [6, 6.07) is 0.690. The zero-order valence-electron chi connectivity index (χ0n) is 13.0. The Morgan fingerprint density at radius 3 is 2.91 bits per heavy atom. The Balaban J connectivity index is 1.64. The standard InChI is InChI=1S/C15H24N6O/c1-2-20-9-12(8-17-20)7-16-14-5-3-4-6-15(14)21-10-13(11-22)18-19-21/h8-10,14-16,22H,2-7,11H2,1H3/t14-,15+/m0/s1. The van der Waals surface area contributed by atoms with Crippen molar-refractivity contribution in [2.24, 2.45) is 0 Å². The molecule has 3 rings (SSSR count). The van der Waals surface area contributed by atoms with E-state index in [1.165, 1.54) is 18.4 Å². The van der Waals surface area contributed by atoms with E-state index in [9.17, 15) is 0 Å². The van der Waals surface area contributed by atoms with Crippen molar-refractivity contribution in [3.05, 3.63) is 29.8 Å². The average molecular weight is 304 g/mol. The molecule has 0 aliphatic heterocycles.